The summed E-state index contributed by atoms with van der Waals surface area (Å²) in [6, 6.07) is 11.2. The molecule has 0 atom stereocenters. The van der Waals surface area contributed by atoms with Crippen LogP contribution in [0, 0.1) is 5.82 Å². The summed E-state index contributed by atoms with van der Waals surface area (Å²) in [5, 5.41) is 0.831. The van der Waals surface area contributed by atoms with E-state index < -0.39 is 0 Å². The number of amides is 3. The predicted molar refractivity (Wildman–Crippen MR) is 116 cm³/mol. The molecule has 0 radical (unpaired) electrons. The van der Waals surface area contributed by atoms with Crippen LogP contribution in [0.2, 0.25) is 0 Å². The van der Waals surface area contributed by atoms with Gasteiger partial charge in [0.25, 0.3) is 5.91 Å². The highest BCUT2D eigenvalue weighted by atomic mass is 32.1. The van der Waals surface area contributed by atoms with Crippen LogP contribution in [-0.2, 0) is 9.59 Å². The lowest BCUT2D eigenvalue weighted by Gasteiger charge is -2.34. The Morgan fingerprint density at radius 3 is 2.29 bits per heavy atom. The van der Waals surface area contributed by atoms with Crippen LogP contribution < -0.4 is 9.80 Å². The number of halogens is 1. The summed E-state index contributed by atoms with van der Waals surface area (Å²) in [5.74, 6) is -0.783. The van der Waals surface area contributed by atoms with Gasteiger partial charge in [-0.3, -0.25) is 19.3 Å². The zero-order chi connectivity index (χ0) is 21.5. The number of hydrogen-bond donors (Lipinski definition) is 0. The maximum Gasteiger partial charge on any atom is 0.253 e. The van der Waals surface area contributed by atoms with Crippen LogP contribution in [0.4, 0.5) is 15.2 Å². The molecule has 3 heterocycles. The summed E-state index contributed by atoms with van der Waals surface area (Å²) in [6.07, 6.45) is 0.459. The van der Waals surface area contributed by atoms with E-state index in [1.807, 2.05) is 0 Å². The van der Waals surface area contributed by atoms with Crippen molar-refractivity contribution in [2.45, 2.75) is 12.8 Å². The average molecular weight is 438 g/mol. The normalized spacial score (nSPS) is 17.1. The van der Waals surface area contributed by atoms with Crippen LogP contribution in [0.3, 0.4) is 0 Å². The minimum absolute atomic E-state index is 0.0864. The van der Waals surface area contributed by atoms with Crippen molar-refractivity contribution in [1.82, 2.24) is 9.88 Å². The molecular weight excluding hydrogens is 419 g/mol. The summed E-state index contributed by atoms with van der Waals surface area (Å²) in [6.45, 7) is 2.38. The van der Waals surface area contributed by atoms with E-state index in [0.29, 0.717) is 37.4 Å². The van der Waals surface area contributed by atoms with Crippen molar-refractivity contribution in [3.63, 3.8) is 0 Å². The highest BCUT2D eigenvalue weighted by Gasteiger charge is 2.30. The first-order valence-electron chi connectivity index (χ1n) is 10.1. The number of hydrogen-bond acceptors (Lipinski definition) is 6. The first kappa shape index (κ1) is 19.6. The molecule has 3 amide bonds. The molecular formula is C22H19FN4O3S. The number of rotatable bonds is 3. The molecule has 2 aliphatic rings. The highest BCUT2D eigenvalue weighted by Crippen LogP contribution is 2.30. The first-order chi connectivity index (χ1) is 15.0. The highest BCUT2D eigenvalue weighted by molar-refractivity contribution is 7.22. The van der Waals surface area contributed by atoms with Gasteiger partial charge in [-0.1, -0.05) is 11.3 Å². The molecule has 7 nitrogen and oxygen atoms in total. The molecule has 2 aromatic carbocycles. The van der Waals surface area contributed by atoms with Crippen LogP contribution in [0.1, 0.15) is 23.2 Å². The minimum Gasteiger partial charge on any atom is -0.345 e. The second-order valence-corrected chi connectivity index (χ2v) is 8.57. The number of carbonyl (C=O) groups excluding carboxylic acids is 3. The van der Waals surface area contributed by atoms with Crippen molar-refractivity contribution in [3.05, 3.63) is 53.8 Å². The van der Waals surface area contributed by atoms with Gasteiger partial charge in [0.2, 0.25) is 11.8 Å². The molecule has 0 N–H and O–H groups in total. The number of aromatic nitrogens is 1. The van der Waals surface area contributed by atoms with E-state index in [4.69, 9.17) is 0 Å². The second-order valence-electron chi connectivity index (χ2n) is 7.56. The first-order valence-corrected chi connectivity index (χ1v) is 10.9. The lowest BCUT2D eigenvalue weighted by molar-refractivity contribution is -0.121. The van der Waals surface area contributed by atoms with Gasteiger partial charge in [-0.2, -0.15) is 0 Å². The zero-order valence-corrected chi connectivity index (χ0v) is 17.4. The number of nitrogens with zero attached hydrogens (tertiary/aromatic N) is 4. The minimum atomic E-state index is -0.275. The maximum atomic E-state index is 13.4. The molecule has 0 aliphatic carbocycles. The van der Waals surface area contributed by atoms with Gasteiger partial charge >= 0.3 is 0 Å². The van der Waals surface area contributed by atoms with E-state index in [-0.39, 0.29) is 36.4 Å². The third kappa shape index (κ3) is 3.65. The van der Waals surface area contributed by atoms with E-state index in [1.54, 1.807) is 35.2 Å². The van der Waals surface area contributed by atoms with Crippen LogP contribution in [0.5, 0.6) is 0 Å². The Bertz CT molecular complexity index is 1170. The van der Waals surface area contributed by atoms with Crippen LogP contribution in [-0.4, -0.2) is 53.8 Å². The number of piperazine rings is 1. The Morgan fingerprint density at radius 2 is 1.61 bits per heavy atom. The van der Waals surface area contributed by atoms with E-state index in [9.17, 15) is 18.8 Å². The van der Waals surface area contributed by atoms with Crippen molar-refractivity contribution in [3.8, 4) is 0 Å². The smallest absolute Gasteiger partial charge is 0.253 e. The second kappa shape index (κ2) is 7.73. The van der Waals surface area contributed by atoms with Gasteiger partial charge in [0.1, 0.15) is 5.82 Å². The predicted octanol–water partition coefficient (Wildman–Crippen LogP) is 3.05. The zero-order valence-electron chi connectivity index (χ0n) is 16.6. The topological polar surface area (TPSA) is 73.8 Å². The van der Waals surface area contributed by atoms with E-state index >= 15 is 0 Å². The molecule has 0 bridgehead atoms. The molecule has 0 spiro atoms. The summed E-state index contributed by atoms with van der Waals surface area (Å²) in [4.78, 5) is 46.3. The largest absolute Gasteiger partial charge is 0.345 e. The summed E-state index contributed by atoms with van der Waals surface area (Å²) in [5.41, 5.74) is 1.79. The Labute approximate surface area is 181 Å². The van der Waals surface area contributed by atoms with Crippen molar-refractivity contribution < 1.29 is 18.8 Å². The molecule has 31 heavy (non-hydrogen) atoms. The summed E-state index contributed by atoms with van der Waals surface area (Å²) >= 11 is 1.45. The van der Waals surface area contributed by atoms with Gasteiger partial charge in [-0.25, -0.2) is 9.37 Å². The van der Waals surface area contributed by atoms with Crippen molar-refractivity contribution in [1.29, 1.82) is 0 Å². The standard InChI is InChI=1S/C22H19FN4O3S/c23-15-3-6-17-18(13-15)31-22(24-17)26-11-9-25(10-12-26)21(30)14-1-4-16(5-2-14)27-19(28)7-8-20(27)29/h1-6,13H,7-12H2. The number of anilines is 2. The molecule has 158 valence electrons. The van der Waals surface area contributed by atoms with Crippen LogP contribution in [0.25, 0.3) is 10.2 Å². The van der Waals surface area contributed by atoms with E-state index in [2.05, 4.69) is 9.88 Å². The number of carbonyl (C=O) groups is 3. The maximum absolute atomic E-state index is 13.4. The molecule has 3 aromatic rings. The average Bonchev–Trinajstić information content (AvgIpc) is 3.36. The Kier molecular flexibility index (Phi) is 4.90. The van der Waals surface area contributed by atoms with Crippen LogP contribution >= 0.6 is 11.3 Å². The number of thiazole rings is 1. The lowest BCUT2D eigenvalue weighted by atomic mass is 10.1. The quantitative estimate of drug-likeness (QED) is 0.588. The van der Waals surface area contributed by atoms with E-state index in [1.165, 1.54) is 28.4 Å². The SMILES string of the molecule is O=C(c1ccc(N2C(=O)CCC2=O)cc1)N1CCN(c2nc3ccc(F)cc3s2)CC1. The third-order valence-electron chi connectivity index (χ3n) is 5.60. The van der Waals surface area contributed by atoms with Crippen molar-refractivity contribution >= 4 is 50.1 Å². The molecule has 9 heteroatoms. The molecule has 0 saturated carbocycles. The summed E-state index contributed by atoms with van der Waals surface area (Å²) in [7, 11) is 0. The van der Waals surface area contributed by atoms with E-state index in [0.717, 1.165) is 15.3 Å². The third-order valence-corrected chi connectivity index (χ3v) is 6.68. The number of fused-ring (bicyclic) bond motifs is 1. The lowest BCUT2D eigenvalue weighted by Crippen LogP contribution is -2.48. The molecule has 0 unspecified atom stereocenters. The Morgan fingerprint density at radius 1 is 0.935 bits per heavy atom. The Hall–Kier alpha value is -3.33. The van der Waals surface area contributed by atoms with Gasteiger partial charge < -0.3 is 9.80 Å². The van der Waals surface area contributed by atoms with Gasteiger partial charge in [-0.05, 0) is 42.5 Å². The van der Waals surface area contributed by atoms with Crippen LogP contribution in [0.15, 0.2) is 42.5 Å². The molecule has 2 fully saturated rings. The number of benzene rings is 2. The molecule has 5 rings (SSSR count). The fraction of sp³-hybridized carbons (Fsp3) is 0.273. The monoisotopic (exact) mass is 438 g/mol. The molecule has 1 aromatic heterocycles. The van der Waals surface area contributed by atoms with Gasteiger partial charge in [-0.15, -0.1) is 0 Å². The van der Waals surface area contributed by atoms with Gasteiger partial charge in [0.15, 0.2) is 5.13 Å². The number of imide groups is 1. The molecule has 2 saturated heterocycles. The van der Waals surface area contributed by atoms with Crippen molar-refractivity contribution in [2.24, 2.45) is 0 Å². The fourth-order valence-electron chi connectivity index (χ4n) is 3.92. The summed E-state index contributed by atoms with van der Waals surface area (Å²) < 4.78 is 14.2. The Balaban J connectivity index is 1.24. The van der Waals surface area contributed by atoms with Crippen molar-refractivity contribution in [2.75, 3.05) is 36.0 Å². The van der Waals surface area contributed by atoms with Gasteiger partial charge in [0, 0.05) is 44.6 Å². The fourth-order valence-corrected chi connectivity index (χ4v) is 4.96. The van der Waals surface area contributed by atoms with Gasteiger partial charge in [0.05, 0.1) is 15.9 Å². The molecule has 2 aliphatic heterocycles.